The molecule has 2 atom stereocenters. The highest BCUT2D eigenvalue weighted by atomic mass is 32.2. The minimum Gasteiger partial charge on any atom is -0.391 e. The summed E-state index contributed by atoms with van der Waals surface area (Å²) < 4.78 is 2.60. The van der Waals surface area contributed by atoms with Crippen LogP contribution in [-0.4, -0.2) is 71.1 Å². The molecule has 1 aromatic rings. The van der Waals surface area contributed by atoms with Crippen molar-refractivity contribution in [1.29, 1.82) is 0 Å². The minimum atomic E-state index is -0.902. The summed E-state index contributed by atoms with van der Waals surface area (Å²) in [4.78, 5) is 37.8. The van der Waals surface area contributed by atoms with Crippen molar-refractivity contribution in [3.8, 4) is 0 Å². The second-order valence-corrected chi connectivity index (χ2v) is 9.72. The molecule has 166 valence electrons. The van der Waals surface area contributed by atoms with Crippen LogP contribution in [0.4, 0.5) is 0 Å². The van der Waals surface area contributed by atoms with E-state index < -0.39 is 29.3 Å². The molecule has 2 N–H and O–H groups in total. The van der Waals surface area contributed by atoms with Gasteiger partial charge in [0.15, 0.2) is 0 Å². The van der Waals surface area contributed by atoms with Crippen molar-refractivity contribution in [2.75, 3.05) is 35.0 Å². The Balaban J connectivity index is 2.91. The zero-order chi connectivity index (χ0) is 21.8. The van der Waals surface area contributed by atoms with E-state index in [1.54, 1.807) is 18.7 Å². The summed E-state index contributed by atoms with van der Waals surface area (Å²) >= 11 is 5.22. The molecule has 0 bridgehead atoms. The van der Waals surface area contributed by atoms with E-state index in [1.165, 1.54) is 6.08 Å². The Kier molecular flexibility index (Phi) is 12.8. The number of rotatable bonds is 15. The first kappa shape index (κ1) is 26.2. The molecule has 8 nitrogen and oxygen atoms in total. The van der Waals surface area contributed by atoms with Crippen LogP contribution in [0.15, 0.2) is 27.0 Å². The van der Waals surface area contributed by atoms with Crippen molar-refractivity contribution in [2.24, 2.45) is 0 Å². The Labute approximate surface area is 183 Å². The summed E-state index contributed by atoms with van der Waals surface area (Å²) in [6, 6.07) is 0. The van der Waals surface area contributed by atoms with Gasteiger partial charge in [-0.15, -0.1) is 6.58 Å². The molecule has 0 saturated heterocycles. The number of hydrogen-bond donors (Lipinski definition) is 2. The summed E-state index contributed by atoms with van der Waals surface area (Å²) in [5.41, 5.74) is -2.38. The summed E-state index contributed by atoms with van der Waals surface area (Å²) in [6.45, 7) is 4.80. The normalized spacial score (nSPS) is 13.4. The number of aromatic nitrogens is 3. The van der Waals surface area contributed by atoms with Gasteiger partial charge in [0, 0.05) is 28.8 Å². The van der Waals surface area contributed by atoms with Crippen molar-refractivity contribution in [1.82, 2.24) is 13.7 Å². The van der Waals surface area contributed by atoms with Gasteiger partial charge in [0.05, 0.1) is 31.8 Å². The van der Waals surface area contributed by atoms with Gasteiger partial charge in [-0.05, 0) is 12.7 Å². The predicted octanol–water partition coefficient (Wildman–Crippen LogP) is 0.319. The Morgan fingerprint density at radius 2 is 1.41 bits per heavy atom. The lowest BCUT2D eigenvalue weighted by molar-refractivity contribution is 0.140. The average molecular weight is 466 g/mol. The maximum absolute atomic E-state index is 12.7. The minimum absolute atomic E-state index is 0.0573. The molecule has 0 amide bonds. The first-order valence-corrected chi connectivity index (χ1v) is 13.1. The lowest BCUT2D eigenvalue weighted by Gasteiger charge is -2.17. The van der Waals surface area contributed by atoms with Gasteiger partial charge in [0.1, 0.15) is 0 Å². The van der Waals surface area contributed by atoms with Crippen molar-refractivity contribution in [3.05, 3.63) is 44.1 Å². The summed E-state index contributed by atoms with van der Waals surface area (Å²) in [5, 5.41) is 20.2. The van der Waals surface area contributed by atoms with Crippen molar-refractivity contribution >= 4 is 35.3 Å². The van der Waals surface area contributed by atoms with Crippen LogP contribution in [0.2, 0.25) is 0 Å². The number of nitrogens with zero attached hydrogens (tertiary/aromatic N) is 3. The van der Waals surface area contributed by atoms with Crippen LogP contribution in [0, 0.1) is 0 Å². The van der Waals surface area contributed by atoms with E-state index in [0.717, 1.165) is 36.7 Å². The molecule has 29 heavy (non-hydrogen) atoms. The van der Waals surface area contributed by atoms with Crippen LogP contribution in [0.25, 0.3) is 0 Å². The second-order valence-electron chi connectivity index (χ2n) is 6.36. The van der Waals surface area contributed by atoms with Gasteiger partial charge >= 0.3 is 17.1 Å². The van der Waals surface area contributed by atoms with Crippen LogP contribution < -0.4 is 17.1 Å². The Hall–Kier alpha value is -0.880. The van der Waals surface area contributed by atoms with E-state index in [4.69, 9.17) is 0 Å². The Bertz CT molecular complexity index is 805. The van der Waals surface area contributed by atoms with Gasteiger partial charge in [0.2, 0.25) is 0 Å². The van der Waals surface area contributed by atoms with Gasteiger partial charge in [-0.25, -0.2) is 28.1 Å². The molecule has 2 unspecified atom stereocenters. The van der Waals surface area contributed by atoms with Gasteiger partial charge < -0.3 is 10.2 Å². The fraction of sp³-hybridized carbons (Fsp3) is 0.722. The van der Waals surface area contributed by atoms with Gasteiger partial charge in [-0.2, -0.15) is 35.3 Å². The highest BCUT2D eigenvalue weighted by molar-refractivity contribution is 8.04. The molecular formula is C18H31N3O5S3. The van der Waals surface area contributed by atoms with Crippen molar-refractivity contribution in [2.45, 2.75) is 45.2 Å². The molecule has 0 aliphatic carbocycles. The molecule has 0 aliphatic rings. The largest absolute Gasteiger partial charge is 0.391 e. The Morgan fingerprint density at radius 1 is 0.897 bits per heavy atom. The fourth-order valence-corrected chi connectivity index (χ4v) is 5.29. The molecule has 0 spiro atoms. The summed E-state index contributed by atoms with van der Waals surface area (Å²) in [5.74, 6) is 4.43. The van der Waals surface area contributed by atoms with E-state index in [0.29, 0.717) is 12.2 Å². The number of thioether (sulfide) groups is 3. The first-order valence-electron chi connectivity index (χ1n) is 9.43. The Morgan fingerprint density at radius 3 is 1.97 bits per heavy atom. The average Bonchev–Trinajstić information content (AvgIpc) is 2.70. The highest BCUT2D eigenvalue weighted by Crippen LogP contribution is 2.10. The van der Waals surface area contributed by atoms with Crippen molar-refractivity contribution < 1.29 is 10.2 Å². The predicted molar refractivity (Wildman–Crippen MR) is 125 cm³/mol. The zero-order valence-electron chi connectivity index (χ0n) is 17.0. The van der Waals surface area contributed by atoms with Crippen LogP contribution in [0.1, 0.15) is 13.3 Å². The third-order valence-electron chi connectivity index (χ3n) is 4.07. The number of hydrogen-bond acceptors (Lipinski definition) is 8. The molecule has 0 aliphatic heterocycles. The molecule has 0 saturated carbocycles. The lowest BCUT2D eigenvalue weighted by Crippen LogP contribution is -2.56. The molecule has 1 aromatic heterocycles. The monoisotopic (exact) mass is 465 g/mol. The topological polar surface area (TPSA) is 106 Å². The van der Waals surface area contributed by atoms with E-state index in [2.05, 4.69) is 12.8 Å². The van der Waals surface area contributed by atoms with Crippen LogP contribution >= 0.6 is 35.3 Å². The molecular weight excluding hydrogens is 434 g/mol. The maximum atomic E-state index is 12.7. The van der Waals surface area contributed by atoms with E-state index in [9.17, 15) is 24.6 Å². The molecule has 11 heteroatoms. The van der Waals surface area contributed by atoms with Crippen LogP contribution in [0.3, 0.4) is 0 Å². The third kappa shape index (κ3) is 8.41. The number of aliphatic hydroxyl groups excluding tert-OH is 2. The number of allylic oxidation sites excluding steroid dienone is 1. The molecule has 0 fully saturated rings. The highest BCUT2D eigenvalue weighted by Gasteiger charge is 2.18. The van der Waals surface area contributed by atoms with Gasteiger partial charge in [-0.3, -0.25) is 0 Å². The molecule has 1 rings (SSSR count). The maximum Gasteiger partial charge on any atom is 0.336 e. The zero-order valence-corrected chi connectivity index (χ0v) is 19.4. The van der Waals surface area contributed by atoms with E-state index >= 15 is 0 Å². The third-order valence-corrected chi connectivity index (χ3v) is 7.30. The number of aliphatic hydroxyl groups is 2. The molecule has 0 aromatic carbocycles. The smallest absolute Gasteiger partial charge is 0.336 e. The second kappa shape index (κ2) is 14.2. The van der Waals surface area contributed by atoms with Gasteiger partial charge in [0.25, 0.3) is 0 Å². The molecule has 0 radical (unpaired) electrons. The molecule has 1 heterocycles. The quantitative estimate of drug-likeness (QED) is 0.282. The summed E-state index contributed by atoms with van der Waals surface area (Å²) in [6.07, 6.45) is 2.04. The van der Waals surface area contributed by atoms with Crippen LogP contribution in [0.5, 0.6) is 0 Å². The SMILES string of the molecule is C=CCn1c(=O)n(CC(O)CC)c(=O)n(CC(O)CSCCSCCSC)c1=O. The van der Waals surface area contributed by atoms with Crippen molar-refractivity contribution in [3.63, 3.8) is 0 Å². The standard InChI is InChI=1S/C18H31N3O5S3/c1-4-6-19-16(24)20(11-14(22)5-2)18(26)21(17(19)25)12-15(23)13-29-10-9-28-8-7-27-3/h4,14-15,22-23H,1,5-13H2,2-3H3. The lowest BCUT2D eigenvalue weighted by atomic mass is 10.3. The van der Waals surface area contributed by atoms with Crippen LogP contribution in [-0.2, 0) is 19.6 Å². The van der Waals surface area contributed by atoms with Gasteiger partial charge in [-0.1, -0.05) is 13.0 Å². The fourth-order valence-electron chi connectivity index (χ4n) is 2.47. The van der Waals surface area contributed by atoms with E-state index in [-0.39, 0.29) is 19.6 Å². The van der Waals surface area contributed by atoms with E-state index in [1.807, 2.05) is 23.5 Å². The summed E-state index contributed by atoms with van der Waals surface area (Å²) in [7, 11) is 0. The first-order chi connectivity index (χ1) is 13.9.